The second-order valence-electron chi connectivity index (χ2n) is 6.38. The quantitative estimate of drug-likeness (QED) is 0.895. The molecule has 2 fully saturated rings. The first kappa shape index (κ1) is 13.5. The first-order chi connectivity index (χ1) is 9.67. The Morgan fingerprint density at radius 1 is 1.25 bits per heavy atom. The molecule has 3 heteroatoms. The number of aryl methyl sites for hydroxylation is 1. The van der Waals surface area contributed by atoms with Crippen LogP contribution in [0.3, 0.4) is 0 Å². The Balaban J connectivity index is 1.74. The molecule has 0 aliphatic carbocycles. The molecule has 2 aliphatic heterocycles. The number of benzene rings is 1. The van der Waals surface area contributed by atoms with Crippen molar-refractivity contribution in [3.05, 3.63) is 29.3 Å². The van der Waals surface area contributed by atoms with Crippen molar-refractivity contribution >= 4 is 5.69 Å². The smallest absolute Gasteiger partial charge is 0.101 e. The molecule has 20 heavy (non-hydrogen) atoms. The lowest BCUT2D eigenvalue weighted by Gasteiger charge is -2.47. The van der Waals surface area contributed by atoms with Crippen molar-refractivity contribution in [3.63, 3.8) is 0 Å². The van der Waals surface area contributed by atoms with Crippen LogP contribution in [-0.2, 0) is 0 Å². The Kier molecular flexibility index (Phi) is 3.67. The minimum Gasteiger partial charge on any atom is -0.381 e. The van der Waals surface area contributed by atoms with Crippen molar-refractivity contribution in [1.29, 1.82) is 5.26 Å². The second-order valence-corrected chi connectivity index (χ2v) is 6.38. The van der Waals surface area contributed by atoms with Crippen molar-refractivity contribution in [1.82, 2.24) is 4.90 Å². The number of nitrogens with zero attached hydrogens (tertiary/aromatic N) is 2. The number of fused-ring (bicyclic) bond motifs is 2. The van der Waals surface area contributed by atoms with Crippen LogP contribution in [0.4, 0.5) is 5.69 Å². The molecule has 0 radical (unpaired) electrons. The summed E-state index contributed by atoms with van der Waals surface area (Å²) in [6.45, 7) is 2.03. The van der Waals surface area contributed by atoms with Crippen LogP contribution in [0.15, 0.2) is 18.2 Å². The van der Waals surface area contributed by atoms with Gasteiger partial charge in [-0.1, -0.05) is 12.5 Å². The van der Waals surface area contributed by atoms with Gasteiger partial charge in [-0.2, -0.15) is 5.26 Å². The zero-order valence-electron chi connectivity index (χ0n) is 12.4. The van der Waals surface area contributed by atoms with E-state index in [-0.39, 0.29) is 0 Å². The highest BCUT2D eigenvalue weighted by molar-refractivity contribution is 5.59. The zero-order valence-corrected chi connectivity index (χ0v) is 12.4. The summed E-state index contributed by atoms with van der Waals surface area (Å²) in [5, 5.41) is 12.9. The maximum atomic E-state index is 9.28. The minimum absolute atomic E-state index is 0.510. The molecule has 2 saturated heterocycles. The van der Waals surface area contributed by atoms with E-state index >= 15 is 0 Å². The summed E-state index contributed by atoms with van der Waals surface area (Å²) >= 11 is 0. The Morgan fingerprint density at radius 3 is 2.60 bits per heavy atom. The fraction of sp³-hybridized carbons (Fsp3) is 0.588. The lowest BCUT2D eigenvalue weighted by Crippen LogP contribution is -2.52. The molecule has 2 aliphatic rings. The highest BCUT2D eigenvalue weighted by Crippen LogP contribution is 2.34. The Hall–Kier alpha value is -1.53. The lowest BCUT2D eigenvalue weighted by molar-refractivity contribution is 0.0608. The van der Waals surface area contributed by atoms with Gasteiger partial charge in [0.15, 0.2) is 0 Å². The third-order valence-corrected chi connectivity index (χ3v) is 4.99. The largest absolute Gasteiger partial charge is 0.381 e. The maximum absolute atomic E-state index is 9.28. The molecular formula is C17H23N3. The third-order valence-electron chi connectivity index (χ3n) is 4.99. The van der Waals surface area contributed by atoms with Crippen LogP contribution in [0.5, 0.6) is 0 Å². The molecule has 1 aromatic carbocycles. The monoisotopic (exact) mass is 269 g/mol. The SMILES string of the molecule is Cc1ccc(NC2CC3CCCC(C2)N3C)c(C#N)c1. The van der Waals surface area contributed by atoms with Gasteiger partial charge >= 0.3 is 0 Å². The van der Waals surface area contributed by atoms with Crippen molar-refractivity contribution in [2.24, 2.45) is 0 Å². The summed E-state index contributed by atoms with van der Waals surface area (Å²) in [5.74, 6) is 0. The van der Waals surface area contributed by atoms with Crippen molar-refractivity contribution < 1.29 is 0 Å². The van der Waals surface area contributed by atoms with Crippen molar-refractivity contribution in [3.8, 4) is 6.07 Å². The third kappa shape index (κ3) is 2.53. The number of rotatable bonds is 2. The molecule has 3 rings (SSSR count). The second kappa shape index (κ2) is 5.46. The van der Waals surface area contributed by atoms with Crippen molar-refractivity contribution in [2.45, 2.75) is 57.2 Å². The first-order valence-corrected chi connectivity index (χ1v) is 7.66. The van der Waals surface area contributed by atoms with Crippen LogP contribution in [0.2, 0.25) is 0 Å². The van der Waals surface area contributed by atoms with Crippen LogP contribution in [0, 0.1) is 18.3 Å². The topological polar surface area (TPSA) is 39.1 Å². The van der Waals surface area contributed by atoms with Gasteiger partial charge in [-0.3, -0.25) is 0 Å². The molecule has 0 spiro atoms. The first-order valence-electron chi connectivity index (χ1n) is 7.66. The fourth-order valence-electron chi connectivity index (χ4n) is 3.83. The van der Waals surface area contributed by atoms with E-state index in [1.54, 1.807) is 0 Å². The molecule has 2 atom stereocenters. The zero-order chi connectivity index (χ0) is 14.1. The van der Waals surface area contributed by atoms with Gasteiger partial charge < -0.3 is 10.2 Å². The van der Waals surface area contributed by atoms with E-state index < -0.39 is 0 Å². The molecule has 1 N–H and O–H groups in total. The molecule has 0 amide bonds. The van der Waals surface area contributed by atoms with Gasteiger partial charge in [0.05, 0.1) is 11.3 Å². The summed E-state index contributed by atoms with van der Waals surface area (Å²) in [5.41, 5.74) is 2.92. The molecule has 0 aromatic heterocycles. The van der Waals surface area contributed by atoms with Crippen molar-refractivity contribution in [2.75, 3.05) is 12.4 Å². The number of nitriles is 1. The summed E-state index contributed by atoms with van der Waals surface area (Å²) < 4.78 is 0. The number of piperidine rings is 2. The van der Waals surface area contributed by atoms with Gasteiger partial charge in [-0.15, -0.1) is 0 Å². The van der Waals surface area contributed by atoms with Gasteiger partial charge in [0.1, 0.15) is 6.07 Å². The van der Waals surface area contributed by atoms with E-state index in [0.29, 0.717) is 6.04 Å². The molecule has 2 bridgehead atoms. The van der Waals surface area contributed by atoms with Crippen LogP contribution in [0.1, 0.15) is 43.2 Å². The van der Waals surface area contributed by atoms with Gasteiger partial charge in [0, 0.05) is 18.1 Å². The Bertz CT molecular complexity index is 518. The van der Waals surface area contributed by atoms with E-state index in [4.69, 9.17) is 0 Å². The molecule has 1 aromatic rings. The Morgan fingerprint density at radius 2 is 1.95 bits per heavy atom. The summed E-state index contributed by atoms with van der Waals surface area (Å²) in [7, 11) is 2.28. The molecule has 0 saturated carbocycles. The lowest BCUT2D eigenvalue weighted by atomic mass is 9.82. The maximum Gasteiger partial charge on any atom is 0.101 e. The molecule has 3 nitrogen and oxygen atoms in total. The predicted octanol–water partition coefficient (Wildman–Crippen LogP) is 3.29. The van der Waals surface area contributed by atoms with E-state index in [9.17, 15) is 5.26 Å². The Labute approximate surface area is 121 Å². The van der Waals surface area contributed by atoms with E-state index in [0.717, 1.165) is 28.9 Å². The fourth-order valence-corrected chi connectivity index (χ4v) is 3.83. The molecular weight excluding hydrogens is 246 g/mol. The van der Waals surface area contributed by atoms with Crippen LogP contribution < -0.4 is 5.32 Å². The number of nitrogens with one attached hydrogen (secondary N) is 1. The van der Waals surface area contributed by atoms with E-state index in [1.807, 2.05) is 13.0 Å². The molecule has 2 heterocycles. The highest BCUT2D eigenvalue weighted by Gasteiger charge is 2.35. The van der Waals surface area contributed by atoms with Crippen LogP contribution >= 0.6 is 0 Å². The summed E-state index contributed by atoms with van der Waals surface area (Å²) in [6, 6.07) is 10.4. The summed E-state index contributed by atoms with van der Waals surface area (Å²) in [6.07, 6.45) is 6.42. The number of hydrogen-bond donors (Lipinski definition) is 1. The molecule has 2 unspecified atom stereocenters. The number of anilines is 1. The van der Waals surface area contributed by atoms with Gasteiger partial charge in [-0.25, -0.2) is 0 Å². The average Bonchev–Trinajstić information content (AvgIpc) is 2.42. The standard InChI is InChI=1S/C17H23N3/c1-12-6-7-17(13(8-12)11-18)19-14-9-15-4-3-5-16(10-14)20(15)2/h6-8,14-16,19H,3-5,9-10H2,1-2H3. The minimum atomic E-state index is 0.510. The normalized spacial score (nSPS) is 29.8. The summed E-state index contributed by atoms with van der Waals surface area (Å²) in [4.78, 5) is 2.57. The van der Waals surface area contributed by atoms with Gasteiger partial charge in [0.25, 0.3) is 0 Å². The van der Waals surface area contributed by atoms with E-state index in [2.05, 4.69) is 35.5 Å². The predicted molar refractivity (Wildman–Crippen MR) is 81.7 cm³/mol. The average molecular weight is 269 g/mol. The number of hydrogen-bond acceptors (Lipinski definition) is 3. The highest BCUT2D eigenvalue weighted by atomic mass is 15.2. The van der Waals surface area contributed by atoms with Crippen LogP contribution in [-0.4, -0.2) is 30.1 Å². The molecule has 106 valence electrons. The van der Waals surface area contributed by atoms with E-state index in [1.165, 1.54) is 32.1 Å². The van der Waals surface area contributed by atoms with Gasteiger partial charge in [-0.05, 0) is 57.4 Å². The van der Waals surface area contributed by atoms with Crippen LogP contribution in [0.25, 0.3) is 0 Å². The van der Waals surface area contributed by atoms with Gasteiger partial charge in [0.2, 0.25) is 0 Å².